The van der Waals surface area contributed by atoms with E-state index in [0.717, 1.165) is 5.69 Å². The fraction of sp³-hybridized carbons (Fsp3) is 0.154. The van der Waals surface area contributed by atoms with Gasteiger partial charge in [0.25, 0.3) is 0 Å². The summed E-state index contributed by atoms with van der Waals surface area (Å²) in [5.41, 5.74) is 0.806. The molecular weight excluding hydrogens is 222 g/mol. The van der Waals surface area contributed by atoms with Gasteiger partial charge < -0.3 is 5.32 Å². The average molecular weight is 234 g/mol. The van der Waals surface area contributed by atoms with Crippen molar-refractivity contribution in [1.29, 1.82) is 0 Å². The maximum Gasteiger partial charge on any atom is 0.149 e. The van der Waals surface area contributed by atoms with Crippen LogP contribution in [0.2, 0.25) is 0 Å². The fourth-order valence-electron chi connectivity index (χ4n) is 1.53. The molecule has 0 spiro atoms. The van der Waals surface area contributed by atoms with E-state index in [2.05, 4.69) is 10.3 Å². The van der Waals surface area contributed by atoms with Gasteiger partial charge in [-0.05, 0) is 24.3 Å². The van der Waals surface area contributed by atoms with Crippen molar-refractivity contribution in [3.8, 4) is 0 Å². The molecule has 1 aromatic carbocycles. The maximum atomic E-state index is 13.3. The van der Waals surface area contributed by atoms with Crippen LogP contribution in [0, 0.1) is 11.6 Å². The van der Waals surface area contributed by atoms with Gasteiger partial charge in [0.05, 0.1) is 0 Å². The number of rotatable bonds is 4. The molecule has 17 heavy (non-hydrogen) atoms. The molecule has 1 N–H and O–H groups in total. The summed E-state index contributed by atoms with van der Waals surface area (Å²) in [7, 11) is 0. The van der Waals surface area contributed by atoms with Crippen LogP contribution in [0.15, 0.2) is 42.6 Å². The van der Waals surface area contributed by atoms with Crippen LogP contribution in [0.5, 0.6) is 0 Å². The van der Waals surface area contributed by atoms with Gasteiger partial charge in [-0.2, -0.15) is 0 Å². The molecule has 0 saturated heterocycles. The molecule has 1 heterocycles. The second-order valence-electron chi connectivity index (χ2n) is 3.59. The molecule has 0 aliphatic rings. The Labute approximate surface area is 98.3 Å². The van der Waals surface area contributed by atoms with E-state index in [9.17, 15) is 8.78 Å². The zero-order valence-corrected chi connectivity index (χ0v) is 9.16. The van der Waals surface area contributed by atoms with Crippen LogP contribution in [0.4, 0.5) is 14.5 Å². The largest absolute Gasteiger partial charge is 0.380 e. The Balaban J connectivity index is 1.95. The molecule has 0 unspecified atom stereocenters. The Kier molecular flexibility index (Phi) is 3.65. The number of benzene rings is 1. The fourth-order valence-corrected chi connectivity index (χ4v) is 1.53. The molecule has 88 valence electrons. The van der Waals surface area contributed by atoms with E-state index in [4.69, 9.17) is 0 Å². The normalized spacial score (nSPS) is 10.2. The summed E-state index contributed by atoms with van der Waals surface area (Å²) in [6.45, 7) is 0.439. The number of nitrogens with zero attached hydrogens (tertiary/aromatic N) is 1. The van der Waals surface area contributed by atoms with E-state index in [1.807, 2.05) is 18.2 Å². The molecule has 0 aliphatic carbocycles. The molecule has 0 saturated carbocycles. The third-order valence-electron chi connectivity index (χ3n) is 2.37. The molecule has 2 aromatic rings. The number of hydrogen-bond acceptors (Lipinski definition) is 2. The molecule has 0 bridgehead atoms. The number of pyridine rings is 1. The monoisotopic (exact) mass is 234 g/mol. The van der Waals surface area contributed by atoms with Gasteiger partial charge in [-0.15, -0.1) is 0 Å². The van der Waals surface area contributed by atoms with Crippen molar-refractivity contribution in [3.05, 3.63) is 59.9 Å². The van der Waals surface area contributed by atoms with Crippen LogP contribution >= 0.6 is 0 Å². The molecule has 2 rings (SSSR count). The minimum Gasteiger partial charge on any atom is -0.380 e. The summed E-state index contributed by atoms with van der Waals surface area (Å²) in [4.78, 5) is 4.13. The van der Waals surface area contributed by atoms with Gasteiger partial charge >= 0.3 is 0 Å². The lowest BCUT2D eigenvalue weighted by Crippen LogP contribution is -2.08. The summed E-state index contributed by atoms with van der Waals surface area (Å²) in [6, 6.07) is 9.38. The highest BCUT2D eigenvalue weighted by Gasteiger charge is 2.06. The zero-order valence-electron chi connectivity index (χ0n) is 9.16. The number of para-hydroxylation sites is 1. The molecule has 0 aliphatic heterocycles. The van der Waals surface area contributed by atoms with E-state index < -0.39 is 11.6 Å². The second-order valence-corrected chi connectivity index (χ2v) is 3.59. The minimum atomic E-state index is -0.578. The van der Waals surface area contributed by atoms with Crippen LogP contribution in [0.3, 0.4) is 0 Å². The van der Waals surface area contributed by atoms with E-state index in [1.165, 1.54) is 18.2 Å². The van der Waals surface area contributed by atoms with E-state index in [0.29, 0.717) is 13.0 Å². The van der Waals surface area contributed by atoms with Crippen molar-refractivity contribution in [3.63, 3.8) is 0 Å². The Morgan fingerprint density at radius 2 is 1.76 bits per heavy atom. The second kappa shape index (κ2) is 5.39. The van der Waals surface area contributed by atoms with Crippen LogP contribution in [-0.2, 0) is 6.42 Å². The first-order valence-corrected chi connectivity index (χ1v) is 5.35. The van der Waals surface area contributed by atoms with Gasteiger partial charge in [-0.1, -0.05) is 12.1 Å². The third kappa shape index (κ3) is 3.00. The number of hydrogen-bond donors (Lipinski definition) is 1. The first kappa shape index (κ1) is 11.5. The van der Waals surface area contributed by atoms with Gasteiger partial charge in [0.2, 0.25) is 0 Å². The standard InChI is InChI=1S/C13H12F2N2/c14-11-5-3-6-12(15)13(11)17-9-7-10-4-1-2-8-16-10/h1-6,8,17H,7,9H2. The van der Waals surface area contributed by atoms with Crippen LogP contribution in [0.1, 0.15) is 5.69 Å². The van der Waals surface area contributed by atoms with Crippen molar-refractivity contribution < 1.29 is 8.78 Å². The summed E-state index contributed by atoms with van der Waals surface area (Å²) >= 11 is 0. The van der Waals surface area contributed by atoms with Gasteiger partial charge in [-0.25, -0.2) is 8.78 Å². The lowest BCUT2D eigenvalue weighted by Gasteiger charge is -2.08. The summed E-state index contributed by atoms with van der Waals surface area (Å²) in [5, 5.41) is 2.74. The molecule has 0 amide bonds. The summed E-state index contributed by atoms with van der Waals surface area (Å²) in [6.07, 6.45) is 2.31. The first-order valence-electron chi connectivity index (χ1n) is 5.35. The van der Waals surface area contributed by atoms with Gasteiger partial charge in [0.15, 0.2) is 0 Å². The van der Waals surface area contributed by atoms with Crippen molar-refractivity contribution in [2.75, 3.05) is 11.9 Å². The van der Waals surface area contributed by atoms with Crippen LogP contribution in [0.25, 0.3) is 0 Å². The minimum absolute atomic E-state index is 0.0802. The number of halogens is 2. The van der Waals surface area contributed by atoms with E-state index >= 15 is 0 Å². The molecule has 0 radical (unpaired) electrons. The maximum absolute atomic E-state index is 13.3. The quantitative estimate of drug-likeness (QED) is 0.879. The lowest BCUT2D eigenvalue weighted by molar-refractivity contribution is 0.588. The number of aromatic nitrogens is 1. The summed E-state index contributed by atoms with van der Waals surface area (Å²) in [5.74, 6) is -1.16. The zero-order chi connectivity index (χ0) is 12.1. The topological polar surface area (TPSA) is 24.9 Å². The van der Waals surface area contributed by atoms with Crippen molar-refractivity contribution in [2.45, 2.75) is 6.42 Å². The average Bonchev–Trinajstić information content (AvgIpc) is 2.34. The smallest absolute Gasteiger partial charge is 0.149 e. The first-order chi connectivity index (χ1) is 8.27. The highest BCUT2D eigenvalue weighted by molar-refractivity contribution is 5.46. The molecular formula is C13H12F2N2. The van der Waals surface area contributed by atoms with Gasteiger partial charge in [0.1, 0.15) is 17.3 Å². The number of nitrogens with one attached hydrogen (secondary N) is 1. The SMILES string of the molecule is Fc1cccc(F)c1NCCc1ccccn1. The molecule has 1 aromatic heterocycles. The Morgan fingerprint density at radius 1 is 1.00 bits per heavy atom. The lowest BCUT2D eigenvalue weighted by atomic mass is 10.2. The Hall–Kier alpha value is -1.97. The van der Waals surface area contributed by atoms with Crippen LogP contribution < -0.4 is 5.32 Å². The highest BCUT2D eigenvalue weighted by Crippen LogP contribution is 2.17. The van der Waals surface area contributed by atoms with Crippen LogP contribution in [-0.4, -0.2) is 11.5 Å². The summed E-state index contributed by atoms with van der Waals surface area (Å²) < 4.78 is 26.5. The molecule has 0 fully saturated rings. The predicted molar refractivity (Wildman–Crippen MR) is 62.8 cm³/mol. The molecule has 4 heteroatoms. The van der Waals surface area contributed by atoms with Gasteiger partial charge in [0, 0.05) is 24.9 Å². The predicted octanol–water partition coefficient (Wildman–Crippen LogP) is 3.01. The van der Waals surface area contributed by atoms with Crippen molar-refractivity contribution in [1.82, 2.24) is 4.98 Å². The molecule has 0 atom stereocenters. The molecule has 2 nitrogen and oxygen atoms in total. The van der Waals surface area contributed by atoms with E-state index in [-0.39, 0.29) is 5.69 Å². The van der Waals surface area contributed by atoms with Crippen molar-refractivity contribution in [2.24, 2.45) is 0 Å². The van der Waals surface area contributed by atoms with E-state index in [1.54, 1.807) is 6.20 Å². The van der Waals surface area contributed by atoms with Crippen molar-refractivity contribution >= 4 is 5.69 Å². The highest BCUT2D eigenvalue weighted by atomic mass is 19.1. The third-order valence-corrected chi connectivity index (χ3v) is 2.37. The Morgan fingerprint density at radius 3 is 2.41 bits per heavy atom. The van der Waals surface area contributed by atoms with Gasteiger partial charge in [-0.3, -0.25) is 4.98 Å². The number of anilines is 1. The Bertz CT molecular complexity index is 466.